The molecule has 1 N–H and O–H groups in total. The van der Waals surface area contributed by atoms with Gasteiger partial charge in [-0.15, -0.1) is 0 Å². The Morgan fingerprint density at radius 2 is 1.73 bits per heavy atom. The van der Waals surface area contributed by atoms with Gasteiger partial charge in [0.2, 0.25) is 9.84 Å². The van der Waals surface area contributed by atoms with E-state index >= 15 is 0 Å². The standard InChI is InChI=1S/C19H18FN3O2S/c20-15-4-6-16(7-5-15)26(24,25)17-12-14-2-1-3-18(19(14)22-13-17)23-10-8-21-9-11-23/h1-7,12-13,21H,8-11H2. The van der Waals surface area contributed by atoms with Gasteiger partial charge in [0.25, 0.3) is 0 Å². The first-order valence-corrected chi connectivity index (χ1v) is 9.89. The number of anilines is 1. The lowest BCUT2D eigenvalue weighted by atomic mass is 10.1. The van der Waals surface area contributed by atoms with E-state index in [-0.39, 0.29) is 9.79 Å². The van der Waals surface area contributed by atoms with Gasteiger partial charge in [0.15, 0.2) is 0 Å². The third-order valence-corrected chi connectivity index (χ3v) is 6.29. The van der Waals surface area contributed by atoms with Gasteiger partial charge in [-0.2, -0.15) is 0 Å². The predicted octanol–water partition coefficient (Wildman–Crippen LogP) is 2.62. The molecule has 134 valence electrons. The zero-order valence-corrected chi connectivity index (χ0v) is 14.8. The minimum atomic E-state index is -3.74. The van der Waals surface area contributed by atoms with Crippen LogP contribution in [0, 0.1) is 5.82 Å². The molecule has 4 rings (SSSR count). The maximum Gasteiger partial charge on any atom is 0.208 e. The van der Waals surface area contributed by atoms with Crippen LogP contribution in [-0.2, 0) is 9.84 Å². The van der Waals surface area contributed by atoms with E-state index in [1.807, 2.05) is 18.2 Å². The number of halogens is 1. The summed E-state index contributed by atoms with van der Waals surface area (Å²) in [6, 6.07) is 12.2. The molecule has 0 amide bonds. The summed E-state index contributed by atoms with van der Waals surface area (Å²) in [7, 11) is -3.74. The van der Waals surface area contributed by atoms with E-state index in [0.29, 0.717) is 0 Å². The number of nitrogens with zero attached hydrogens (tertiary/aromatic N) is 2. The fourth-order valence-electron chi connectivity index (χ4n) is 3.18. The summed E-state index contributed by atoms with van der Waals surface area (Å²) in [6.07, 6.45) is 1.38. The first-order valence-electron chi connectivity index (χ1n) is 8.41. The summed E-state index contributed by atoms with van der Waals surface area (Å²) >= 11 is 0. The van der Waals surface area contributed by atoms with Gasteiger partial charge in [-0.05, 0) is 36.4 Å². The van der Waals surface area contributed by atoms with Gasteiger partial charge in [0.05, 0.1) is 21.0 Å². The lowest BCUT2D eigenvalue weighted by Gasteiger charge is -2.30. The van der Waals surface area contributed by atoms with Crippen molar-refractivity contribution >= 4 is 26.4 Å². The maximum atomic E-state index is 13.1. The number of benzene rings is 2. The van der Waals surface area contributed by atoms with Crippen LogP contribution in [-0.4, -0.2) is 39.6 Å². The second-order valence-electron chi connectivity index (χ2n) is 6.21. The Hall–Kier alpha value is -2.51. The Bertz CT molecular complexity index is 1050. The summed E-state index contributed by atoms with van der Waals surface area (Å²) < 4.78 is 38.7. The number of fused-ring (bicyclic) bond motifs is 1. The van der Waals surface area contributed by atoms with Crippen molar-refractivity contribution in [1.29, 1.82) is 0 Å². The number of hydrogen-bond acceptors (Lipinski definition) is 5. The van der Waals surface area contributed by atoms with Gasteiger partial charge in [-0.3, -0.25) is 4.98 Å². The lowest BCUT2D eigenvalue weighted by Crippen LogP contribution is -2.43. The van der Waals surface area contributed by atoms with Crippen LogP contribution in [0.15, 0.2) is 64.5 Å². The third kappa shape index (κ3) is 3.04. The molecule has 7 heteroatoms. The summed E-state index contributed by atoms with van der Waals surface area (Å²) in [4.78, 5) is 6.86. The second-order valence-corrected chi connectivity index (χ2v) is 8.16. The number of piperazine rings is 1. The molecule has 26 heavy (non-hydrogen) atoms. The van der Waals surface area contributed by atoms with Gasteiger partial charge in [0, 0.05) is 37.8 Å². The molecular formula is C19H18FN3O2S. The average molecular weight is 371 g/mol. The summed E-state index contributed by atoms with van der Waals surface area (Å²) in [5.74, 6) is -0.471. The van der Waals surface area contributed by atoms with Crippen molar-refractivity contribution in [1.82, 2.24) is 10.3 Å². The summed E-state index contributed by atoms with van der Waals surface area (Å²) in [5.41, 5.74) is 1.79. The Morgan fingerprint density at radius 1 is 1.00 bits per heavy atom. The fourth-order valence-corrected chi connectivity index (χ4v) is 4.42. The quantitative estimate of drug-likeness (QED) is 0.717. The van der Waals surface area contributed by atoms with Gasteiger partial charge >= 0.3 is 0 Å². The molecule has 1 aliphatic heterocycles. The van der Waals surface area contributed by atoms with Crippen LogP contribution in [0.25, 0.3) is 10.9 Å². The molecule has 0 radical (unpaired) electrons. The number of rotatable bonds is 3. The van der Waals surface area contributed by atoms with E-state index in [1.54, 1.807) is 6.07 Å². The SMILES string of the molecule is O=S(=O)(c1ccc(F)cc1)c1cnc2c(N3CCNCC3)cccc2c1. The van der Waals surface area contributed by atoms with Gasteiger partial charge in [-0.25, -0.2) is 12.8 Å². The molecule has 1 saturated heterocycles. The van der Waals surface area contributed by atoms with Crippen molar-refractivity contribution in [2.45, 2.75) is 9.79 Å². The summed E-state index contributed by atoms with van der Waals surface area (Å²) in [5, 5.41) is 4.08. The highest BCUT2D eigenvalue weighted by molar-refractivity contribution is 7.91. The van der Waals surface area contributed by atoms with E-state index in [0.717, 1.165) is 54.9 Å². The Kier molecular flexibility index (Phi) is 4.34. The molecular weight excluding hydrogens is 353 g/mol. The molecule has 1 aromatic heterocycles. The van der Waals surface area contributed by atoms with Gasteiger partial charge in [-0.1, -0.05) is 12.1 Å². The van der Waals surface area contributed by atoms with Crippen LogP contribution in [0.5, 0.6) is 0 Å². The average Bonchev–Trinajstić information content (AvgIpc) is 2.68. The van der Waals surface area contributed by atoms with Crippen LogP contribution < -0.4 is 10.2 Å². The molecule has 0 atom stereocenters. The highest BCUT2D eigenvalue weighted by Crippen LogP contribution is 2.29. The predicted molar refractivity (Wildman–Crippen MR) is 98.7 cm³/mol. The number of sulfone groups is 1. The monoisotopic (exact) mass is 371 g/mol. The van der Waals surface area contributed by atoms with Crippen molar-refractivity contribution < 1.29 is 12.8 Å². The van der Waals surface area contributed by atoms with Crippen molar-refractivity contribution in [3.05, 3.63) is 60.5 Å². The van der Waals surface area contributed by atoms with Crippen molar-refractivity contribution in [2.24, 2.45) is 0 Å². The van der Waals surface area contributed by atoms with Crippen molar-refractivity contribution in [3.63, 3.8) is 0 Å². The number of nitrogens with one attached hydrogen (secondary N) is 1. The number of para-hydroxylation sites is 1. The molecule has 0 unspecified atom stereocenters. The normalized spacial score (nSPS) is 15.3. The Labute approximate surface area is 151 Å². The molecule has 1 fully saturated rings. The van der Waals surface area contributed by atoms with E-state index < -0.39 is 15.7 Å². The van der Waals surface area contributed by atoms with E-state index in [1.165, 1.54) is 18.3 Å². The van der Waals surface area contributed by atoms with Crippen molar-refractivity contribution in [3.8, 4) is 0 Å². The zero-order chi connectivity index (χ0) is 18.1. The molecule has 0 bridgehead atoms. The largest absolute Gasteiger partial charge is 0.367 e. The Morgan fingerprint density at radius 3 is 2.46 bits per heavy atom. The highest BCUT2D eigenvalue weighted by atomic mass is 32.2. The van der Waals surface area contributed by atoms with Crippen LogP contribution in [0.4, 0.5) is 10.1 Å². The van der Waals surface area contributed by atoms with Crippen LogP contribution >= 0.6 is 0 Å². The molecule has 5 nitrogen and oxygen atoms in total. The second kappa shape index (κ2) is 6.66. The van der Waals surface area contributed by atoms with Crippen LogP contribution in [0.3, 0.4) is 0 Å². The topological polar surface area (TPSA) is 62.3 Å². The third-order valence-electron chi connectivity index (χ3n) is 4.56. The maximum absolute atomic E-state index is 13.1. The molecule has 2 heterocycles. The van der Waals surface area contributed by atoms with E-state index in [4.69, 9.17) is 0 Å². The van der Waals surface area contributed by atoms with Crippen LogP contribution in [0.1, 0.15) is 0 Å². The highest BCUT2D eigenvalue weighted by Gasteiger charge is 2.20. The smallest absolute Gasteiger partial charge is 0.208 e. The fraction of sp³-hybridized carbons (Fsp3) is 0.211. The van der Waals surface area contributed by atoms with Gasteiger partial charge < -0.3 is 10.2 Å². The summed E-state index contributed by atoms with van der Waals surface area (Å²) in [6.45, 7) is 3.59. The lowest BCUT2D eigenvalue weighted by molar-refractivity contribution is 0.590. The molecule has 0 spiro atoms. The van der Waals surface area contributed by atoms with E-state index in [9.17, 15) is 12.8 Å². The molecule has 0 aliphatic carbocycles. The molecule has 2 aromatic carbocycles. The first-order chi connectivity index (χ1) is 12.6. The van der Waals surface area contributed by atoms with Crippen LogP contribution in [0.2, 0.25) is 0 Å². The molecule has 3 aromatic rings. The van der Waals surface area contributed by atoms with E-state index in [2.05, 4.69) is 15.2 Å². The zero-order valence-electron chi connectivity index (χ0n) is 14.0. The molecule has 1 aliphatic rings. The van der Waals surface area contributed by atoms with Gasteiger partial charge in [0.1, 0.15) is 5.82 Å². The minimum Gasteiger partial charge on any atom is -0.367 e. The molecule has 0 saturated carbocycles. The number of aromatic nitrogens is 1. The minimum absolute atomic E-state index is 0.0540. The number of hydrogen-bond donors (Lipinski definition) is 1. The number of pyridine rings is 1. The van der Waals surface area contributed by atoms with Crippen molar-refractivity contribution in [2.75, 3.05) is 31.1 Å². The Balaban J connectivity index is 1.77. The first kappa shape index (κ1) is 16.9.